The van der Waals surface area contributed by atoms with Gasteiger partial charge in [-0.2, -0.15) is 0 Å². The highest BCUT2D eigenvalue weighted by Crippen LogP contribution is 2.22. The van der Waals surface area contributed by atoms with Gasteiger partial charge in [0.1, 0.15) is 0 Å². The van der Waals surface area contributed by atoms with Crippen LogP contribution in [0.5, 0.6) is 0 Å². The van der Waals surface area contributed by atoms with Gasteiger partial charge in [0.15, 0.2) is 0 Å². The minimum absolute atomic E-state index is 0.0648. The van der Waals surface area contributed by atoms with Crippen molar-refractivity contribution in [1.82, 2.24) is 5.32 Å². The normalized spacial score (nSPS) is 10.0. The van der Waals surface area contributed by atoms with E-state index in [1.54, 1.807) is 0 Å². The summed E-state index contributed by atoms with van der Waals surface area (Å²) in [4.78, 5) is 11.3. The van der Waals surface area contributed by atoms with Crippen LogP contribution in [0.4, 0.5) is 11.4 Å². The third-order valence-electron chi connectivity index (χ3n) is 2.25. The van der Waals surface area contributed by atoms with Crippen molar-refractivity contribution in [3.63, 3.8) is 0 Å². The average molecular weight is 300 g/mol. The van der Waals surface area contributed by atoms with Crippen molar-refractivity contribution in [2.24, 2.45) is 0 Å². The van der Waals surface area contributed by atoms with Gasteiger partial charge in [-0.15, -0.1) is 0 Å². The zero-order chi connectivity index (χ0) is 12.7. The van der Waals surface area contributed by atoms with Crippen molar-refractivity contribution in [2.45, 2.75) is 19.8 Å². The first-order valence-corrected chi connectivity index (χ1v) is 6.48. The molecule has 0 atom stereocenters. The average Bonchev–Trinajstić information content (AvgIpc) is 2.29. The lowest BCUT2D eigenvalue weighted by Crippen LogP contribution is -2.25. The summed E-state index contributed by atoms with van der Waals surface area (Å²) < 4.78 is 0.946. The molecule has 0 saturated heterocycles. The van der Waals surface area contributed by atoms with Gasteiger partial charge in [-0.3, -0.25) is 4.79 Å². The zero-order valence-electron chi connectivity index (χ0n) is 9.92. The summed E-state index contributed by atoms with van der Waals surface area (Å²) in [6.45, 7) is 3.35. The number of halogens is 1. The Morgan fingerprint density at radius 3 is 2.82 bits per heavy atom. The summed E-state index contributed by atoms with van der Waals surface area (Å²) in [6.07, 6.45) is 1.41. The molecule has 1 rings (SSSR count). The van der Waals surface area contributed by atoms with Crippen molar-refractivity contribution in [2.75, 3.05) is 24.1 Å². The van der Waals surface area contributed by atoms with Crippen LogP contribution in [0, 0.1) is 0 Å². The minimum Gasteiger partial charge on any atom is -0.397 e. The topological polar surface area (TPSA) is 67.2 Å². The molecule has 0 spiro atoms. The van der Waals surface area contributed by atoms with Crippen LogP contribution in [-0.4, -0.2) is 19.0 Å². The predicted octanol–water partition coefficient (Wildman–Crippen LogP) is 2.36. The van der Waals surface area contributed by atoms with E-state index in [9.17, 15) is 4.79 Å². The molecule has 0 aromatic heterocycles. The number of amides is 1. The Kier molecular flexibility index (Phi) is 5.83. The number of nitrogens with one attached hydrogen (secondary N) is 2. The van der Waals surface area contributed by atoms with Crippen molar-refractivity contribution in [3.05, 3.63) is 22.7 Å². The lowest BCUT2D eigenvalue weighted by Gasteiger charge is -2.09. The zero-order valence-corrected chi connectivity index (χ0v) is 11.5. The van der Waals surface area contributed by atoms with Crippen LogP contribution in [0.15, 0.2) is 22.7 Å². The Balaban J connectivity index is 2.33. The number of nitrogens with two attached hydrogens (primary N) is 1. The van der Waals surface area contributed by atoms with Crippen LogP contribution in [0.2, 0.25) is 0 Å². The lowest BCUT2D eigenvalue weighted by atomic mass is 10.2. The summed E-state index contributed by atoms with van der Waals surface area (Å²) >= 11 is 3.34. The fraction of sp³-hybridized carbons (Fsp3) is 0.417. The number of rotatable bonds is 6. The van der Waals surface area contributed by atoms with Crippen LogP contribution in [0.1, 0.15) is 19.8 Å². The Morgan fingerprint density at radius 2 is 2.18 bits per heavy atom. The van der Waals surface area contributed by atoms with Crippen molar-refractivity contribution < 1.29 is 4.79 Å². The Morgan fingerprint density at radius 1 is 1.41 bits per heavy atom. The van der Waals surface area contributed by atoms with Gasteiger partial charge in [-0.25, -0.2) is 0 Å². The molecule has 0 saturated carbocycles. The van der Waals surface area contributed by atoms with Crippen LogP contribution >= 0.6 is 15.9 Å². The summed E-state index contributed by atoms with van der Waals surface area (Å²) in [5, 5.41) is 5.97. The summed E-state index contributed by atoms with van der Waals surface area (Å²) in [6, 6.07) is 5.64. The van der Waals surface area contributed by atoms with Crippen LogP contribution in [0.3, 0.4) is 0 Å². The quantitative estimate of drug-likeness (QED) is 0.707. The van der Waals surface area contributed by atoms with E-state index in [-0.39, 0.29) is 5.91 Å². The van der Waals surface area contributed by atoms with Crippen LogP contribution in [0.25, 0.3) is 0 Å². The first kappa shape index (κ1) is 13.8. The van der Waals surface area contributed by atoms with E-state index in [4.69, 9.17) is 5.73 Å². The largest absolute Gasteiger partial charge is 0.397 e. The van der Waals surface area contributed by atoms with Crippen molar-refractivity contribution in [1.29, 1.82) is 0 Å². The first-order valence-electron chi connectivity index (χ1n) is 5.69. The number of nitrogen functional groups attached to an aromatic ring is 1. The fourth-order valence-electron chi connectivity index (χ4n) is 1.36. The smallest absolute Gasteiger partial charge is 0.221 e. The Bertz CT molecular complexity index is 382. The Labute approximate surface area is 110 Å². The molecule has 4 N–H and O–H groups in total. The maximum Gasteiger partial charge on any atom is 0.221 e. The van der Waals surface area contributed by atoms with Crippen molar-refractivity contribution >= 4 is 33.2 Å². The number of hydrogen-bond acceptors (Lipinski definition) is 3. The maximum atomic E-state index is 11.3. The first-order chi connectivity index (χ1) is 8.13. The molecule has 0 radical (unpaired) electrons. The second-order valence-corrected chi connectivity index (χ2v) is 4.67. The molecular formula is C12H18BrN3O. The highest BCUT2D eigenvalue weighted by atomic mass is 79.9. The third kappa shape index (κ3) is 5.08. The number of anilines is 2. The molecule has 17 heavy (non-hydrogen) atoms. The van der Waals surface area contributed by atoms with Crippen molar-refractivity contribution in [3.8, 4) is 0 Å². The molecule has 5 heteroatoms. The van der Waals surface area contributed by atoms with Crippen LogP contribution < -0.4 is 16.4 Å². The predicted molar refractivity (Wildman–Crippen MR) is 75.0 cm³/mol. The highest BCUT2D eigenvalue weighted by molar-refractivity contribution is 9.10. The fourth-order valence-corrected chi connectivity index (χ4v) is 1.74. The highest BCUT2D eigenvalue weighted by Gasteiger charge is 2.02. The van der Waals surface area contributed by atoms with E-state index in [0.717, 1.165) is 23.1 Å². The summed E-state index contributed by atoms with van der Waals surface area (Å²) in [5.74, 6) is 0.0648. The molecular weight excluding hydrogens is 282 g/mol. The molecule has 4 nitrogen and oxygen atoms in total. The Hall–Kier alpha value is -1.23. The number of carbonyl (C=O) groups excluding carboxylic acids is 1. The summed E-state index contributed by atoms with van der Waals surface area (Å²) in [7, 11) is 0. The van der Waals surface area contributed by atoms with Gasteiger partial charge in [-0.1, -0.05) is 22.9 Å². The molecule has 0 bridgehead atoms. The molecule has 1 aromatic rings. The number of hydrogen-bond donors (Lipinski definition) is 3. The van der Waals surface area contributed by atoms with Gasteiger partial charge in [-0.05, 0) is 24.6 Å². The minimum atomic E-state index is 0.0648. The maximum absolute atomic E-state index is 11.3. The van der Waals surface area contributed by atoms with Gasteiger partial charge in [0.25, 0.3) is 0 Å². The molecule has 0 heterocycles. The van der Waals surface area contributed by atoms with Gasteiger partial charge >= 0.3 is 0 Å². The molecule has 0 aliphatic rings. The third-order valence-corrected chi connectivity index (χ3v) is 2.75. The summed E-state index contributed by atoms with van der Waals surface area (Å²) in [5.41, 5.74) is 7.36. The number of benzene rings is 1. The number of carbonyl (C=O) groups is 1. The van der Waals surface area contributed by atoms with E-state index in [2.05, 4.69) is 26.6 Å². The molecule has 0 aliphatic heterocycles. The van der Waals surface area contributed by atoms with E-state index < -0.39 is 0 Å². The van der Waals surface area contributed by atoms with Gasteiger partial charge in [0.2, 0.25) is 5.91 Å². The monoisotopic (exact) mass is 299 g/mol. The second kappa shape index (κ2) is 7.17. The second-order valence-electron chi connectivity index (χ2n) is 3.76. The standard InChI is InChI=1S/C12H18BrN3O/c1-2-6-16-12(17)5-7-15-11-4-3-9(13)8-10(11)14/h3-4,8,15H,2,5-7,14H2,1H3,(H,16,17). The van der Waals surface area contributed by atoms with E-state index in [1.807, 2.05) is 25.1 Å². The van der Waals surface area contributed by atoms with Crippen LogP contribution in [-0.2, 0) is 4.79 Å². The molecule has 1 amide bonds. The SMILES string of the molecule is CCCNC(=O)CCNc1ccc(Br)cc1N. The molecule has 0 fully saturated rings. The molecule has 94 valence electrons. The molecule has 0 unspecified atom stereocenters. The molecule has 0 aliphatic carbocycles. The molecule has 1 aromatic carbocycles. The van der Waals surface area contributed by atoms with Gasteiger partial charge in [0, 0.05) is 24.0 Å². The van der Waals surface area contributed by atoms with E-state index in [0.29, 0.717) is 18.7 Å². The lowest BCUT2D eigenvalue weighted by molar-refractivity contribution is -0.120. The van der Waals surface area contributed by atoms with E-state index >= 15 is 0 Å². The van der Waals surface area contributed by atoms with E-state index in [1.165, 1.54) is 0 Å². The van der Waals surface area contributed by atoms with Gasteiger partial charge < -0.3 is 16.4 Å². The van der Waals surface area contributed by atoms with Gasteiger partial charge in [0.05, 0.1) is 11.4 Å².